The number of carbonyl (C=O) groups is 1. The van der Waals surface area contributed by atoms with E-state index in [2.05, 4.69) is 15.9 Å². The summed E-state index contributed by atoms with van der Waals surface area (Å²) in [6.07, 6.45) is 0. The highest BCUT2D eigenvalue weighted by molar-refractivity contribution is 9.10. The molecule has 0 aliphatic carbocycles. The quantitative estimate of drug-likeness (QED) is 0.732. The minimum absolute atomic E-state index is 0.0568. The van der Waals surface area contributed by atoms with Crippen molar-refractivity contribution < 1.29 is 15.0 Å². The first-order valence-electron chi connectivity index (χ1n) is 3.49. The monoisotopic (exact) mass is 245 g/mol. The van der Waals surface area contributed by atoms with Crippen molar-refractivity contribution in [2.45, 2.75) is 6.04 Å². The van der Waals surface area contributed by atoms with Gasteiger partial charge in [0.05, 0.1) is 4.47 Å². The second-order valence-electron chi connectivity index (χ2n) is 2.53. The molecule has 0 aliphatic rings. The SMILES string of the molecule is N[C@H](C(=O)O)c1ccc(O)c(Br)c1. The lowest BCUT2D eigenvalue weighted by atomic mass is 10.1. The molecule has 0 radical (unpaired) electrons. The third-order valence-electron chi connectivity index (χ3n) is 1.60. The molecule has 0 amide bonds. The Balaban J connectivity index is 3.03. The van der Waals surface area contributed by atoms with Crippen molar-refractivity contribution in [2.24, 2.45) is 5.73 Å². The zero-order valence-electron chi connectivity index (χ0n) is 6.57. The van der Waals surface area contributed by atoms with Crippen LogP contribution in [0.4, 0.5) is 0 Å². The first kappa shape index (κ1) is 10.0. The summed E-state index contributed by atoms with van der Waals surface area (Å²) < 4.78 is 0.432. The van der Waals surface area contributed by atoms with Gasteiger partial charge in [0.1, 0.15) is 11.8 Å². The highest BCUT2D eigenvalue weighted by atomic mass is 79.9. The number of phenolic OH excluding ortho intramolecular Hbond substituents is 1. The molecule has 0 saturated heterocycles. The highest BCUT2D eigenvalue weighted by Crippen LogP contribution is 2.26. The van der Waals surface area contributed by atoms with Gasteiger partial charge < -0.3 is 15.9 Å². The van der Waals surface area contributed by atoms with Crippen molar-refractivity contribution in [3.8, 4) is 5.75 Å². The fourth-order valence-electron chi connectivity index (χ4n) is 0.859. The number of hydrogen-bond donors (Lipinski definition) is 3. The molecule has 1 atom stereocenters. The number of carboxylic acid groups (broad SMARTS) is 1. The number of halogens is 1. The second kappa shape index (κ2) is 3.76. The zero-order valence-corrected chi connectivity index (χ0v) is 8.15. The van der Waals surface area contributed by atoms with Crippen LogP contribution in [0.25, 0.3) is 0 Å². The number of benzene rings is 1. The molecule has 5 heteroatoms. The molecule has 4 nitrogen and oxygen atoms in total. The van der Waals surface area contributed by atoms with Gasteiger partial charge >= 0.3 is 5.97 Å². The molecule has 0 saturated carbocycles. The van der Waals surface area contributed by atoms with E-state index in [1.807, 2.05) is 0 Å². The van der Waals surface area contributed by atoms with Crippen LogP contribution in [0.3, 0.4) is 0 Å². The summed E-state index contributed by atoms with van der Waals surface area (Å²) in [5, 5.41) is 17.7. The van der Waals surface area contributed by atoms with E-state index in [4.69, 9.17) is 15.9 Å². The summed E-state index contributed by atoms with van der Waals surface area (Å²) in [6, 6.07) is 3.28. The Morgan fingerprint density at radius 3 is 2.62 bits per heavy atom. The Kier molecular flexibility index (Phi) is 2.90. The summed E-state index contributed by atoms with van der Waals surface area (Å²) in [5.74, 6) is -1.04. The van der Waals surface area contributed by atoms with Crippen LogP contribution >= 0.6 is 15.9 Å². The molecule has 0 unspecified atom stereocenters. The topological polar surface area (TPSA) is 83.6 Å². The lowest BCUT2D eigenvalue weighted by molar-refractivity contribution is -0.138. The molecule has 0 aromatic heterocycles. The zero-order chi connectivity index (χ0) is 10.0. The number of rotatable bonds is 2. The predicted molar refractivity (Wildman–Crippen MR) is 50.4 cm³/mol. The molecule has 0 aliphatic heterocycles. The van der Waals surface area contributed by atoms with Crippen LogP contribution in [-0.4, -0.2) is 16.2 Å². The van der Waals surface area contributed by atoms with Crippen molar-refractivity contribution in [2.75, 3.05) is 0 Å². The number of hydrogen-bond acceptors (Lipinski definition) is 3. The van der Waals surface area contributed by atoms with Gasteiger partial charge in [-0.15, -0.1) is 0 Å². The van der Waals surface area contributed by atoms with E-state index in [-0.39, 0.29) is 5.75 Å². The van der Waals surface area contributed by atoms with E-state index >= 15 is 0 Å². The largest absolute Gasteiger partial charge is 0.507 e. The van der Waals surface area contributed by atoms with Crippen molar-refractivity contribution in [1.29, 1.82) is 0 Å². The van der Waals surface area contributed by atoms with Crippen LogP contribution in [0.5, 0.6) is 5.75 Å². The minimum atomic E-state index is -1.10. The van der Waals surface area contributed by atoms with Gasteiger partial charge in [0.25, 0.3) is 0 Å². The molecule has 4 N–H and O–H groups in total. The molecule has 0 fully saturated rings. The predicted octanol–water partition coefficient (Wildman–Crippen LogP) is 1.24. The molecule has 1 aromatic rings. The van der Waals surface area contributed by atoms with Gasteiger partial charge in [0.2, 0.25) is 0 Å². The van der Waals surface area contributed by atoms with Gasteiger partial charge in [-0.05, 0) is 33.6 Å². The van der Waals surface area contributed by atoms with Crippen molar-refractivity contribution in [3.63, 3.8) is 0 Å². The Labute approximate surface area is 83.1 Å². The van der Waals surface area contributed by atoms with Crippen molar-refractivity contribution in [1.82, 2.24) is 0 Å². The van der Waals surface area contributed by atoms with Gasteiger partial charge in [0.15, 0.2) is 0 Å². The summed E-state index contributed by atoms with van der Waals surface area (Å²) in [7, 11) is 0. The molecular formula is C8H8BrNO3. The van der Waals surface area contributed by atoms with E-state index in [1.165, 1.54) is 18.2 Å². The maximum absolute atomic E-state index is 10.5. The third-order valence-corrected chi connectivity index (χ3v) is 2.23. The lowest BCUT2D eigenvalue weighted by Crippen LogP contribution is -2.20. The molecule has 70 valence electrons. The molecule has 0 bridgehead atoms. The van der Waals surface area contributed by atoms with Crippen LogP contribution < -0.4 is 5.73 Å². The fourth-order valence-corrected chi connectivity index (χ4v) is 1.26. The van der Waals surface area contributed by atoms with Crippen LogP contribution in [0.1, 0.15) is 11.6 Å². The van der Waals surface area contributed by atoms with Crippen molar-refractivity contribution in [3.05, 3.63) is 28.2 Å². The number of carboxylic acids is 1. The normalized spacial score (nSPS) is 12.5. The number of aromatic hydroxyl groups is 1. The highest BCUT2D eigenvalue weighted by Gasteiger charge is 2.14. The van der Waals surface area contributed by atoms with E-state index < -0.39 is 12.0 Å². The Bertz CT molecular complexity index is 340. The van der Waals surface area contributed by atoms with E-state index in [9.17, 15) is 4.79 Å². The second-order valence-corrected chi connectivity index (χ2v) is 3.38. The van der Waals surface area contributed by atoms with E-state index in [0.29, 0.717) is 10.0 Å². The average molecular weight is 246 g/mol. The molecular weight excluding hydrogens is 238 g/mol. The van der Waals surface area contributed by atoms with Gasteiger partial charge in [-0.3, -0.25) is 4.79 Å². The number of phenols is 1. The Morgan fingerprint density at radius 1 is 1.54 bits per heavy atom. The standard InChI is InChI=1S/C8H8BrNO3/c9-5-3-4(1-2-6(5)11)7(10)8(12)13/h1-3,7,11H,10H2,(H,12,13)/t7-/m0/s1. The smallest absolute Gasteiger partial charge is 0.325 e. The van der Waals surface area contributed by atoms with Gasteiger partial charge in [-0.1, -0.05) is 6.07 Å². The van der Waals surface area contributed by atoms with Crippen LogP contribution in [-0.2, 0) is 4.79 Å². The number of aliphatic carboxylic acids is 1. The van der Waals surface area contributed by atoms with Crippen LogP contribution in [0.2, 0.25) is 0 Å². The van der Waals surface area contributed by atoms with E-state index in [1.54, 1.807) is 0 Å². The first-order chi connectivity index (χ1) is 6.02. The number of nitrogens with two attached hydrogens (primary N) is 1. The first-order valence-corrected chi connectivity index (χ1v) is 4.28. The van der Waals surface area contributed by atoms with Crippen LogP contribution in [0.15, 0.2) is 22.7 Å². The van der Waals surface area contributed by atoms with Gasteiger partial charge in [0, 0.05) is 0 Å². The summed E-state index contributed by atoms with van der Waals surface area (Å²) >= 11 is 3.06. The fraction of sp³-hybridized carbons (Fsp3) is 0.125. The molecule has 0 heterocycles. The van der Waals surface area contributed by atoms with Crippen LogP contribution in [0, 0.1) is 0 Å². The average Bonchev–Trinajstić information content (AvgIpc) is 2.08. The third kappa shape index (κ3) is 2.19. The van der Waals surface area contributed by atoms with Gasteiger partial charge in [-0.2, -0.15) is 0 Å². The summed E-state index contributed by atoms with van der Waals surface area (Å²) in [6.45, 7) is 0. The lowest BCUT2D eigenvalue weighted by Gasteiger charge is -2.07. The molecule has 0 spiro atoms. The maximum Gasteiger partial charge on any atom is 0.325 e. The molecule has 1 aromatic carbocycles. The molecule has 13 heavy (non-hydrogen) atoms. The van der Waals surface area contributed by atoms with Gasteiger partial charge in [-0.25, -0.2) is 0 Å². The maximum atomic E-state index is 10.5. The van der Waals surface area contributed by atoms with Crippen molar-refractivity contribution >= 4 is 21.9 Å². The summed E-state index contributed by atoms with van der Waals surface area (Å²) in [5.41, 5.74) is 5.80. The Hall–Kier alpha value is -1.07. The van der Waals surface area contributed by atoms with E-state index in [0.717, 1.165) is 0 Å². The Morgan fingerprint density at radius 2 is 2.15 bits per heavy atom. The summed E-state index contributed by atoms with van der Waals surface area (Å²) in [4.78, 5) is 10.5. The minimum Gasteiger partial charge on any atom is -0.507 e. The molecule has 1 rings (SSSR count).